The third-order valence-corrected chi connectivity index (χ3v) is 2.24. The van der Waals surface area contributed by atoms with Crippen molar-refractivity contribution in [1.82, 2.24) is 19.9 Å². The maximum atomic E-state index is 5.34. The van der Waals surface area contributed by atoms with Crippen molar-refractivity contribution in [2.24, 2.45) is 0 Å². The largest absolute Gasteiger partial charge is 0.464 e. The summed E-state index contributed by atoms with van der Waals surface area (Å²) in [6.45, 7) is 8.15. The predicted molar refractivity (Wildman–Crippen MR) is 76.8 cm³/mol. The van der Waals surface area contributed by atoms with Gasteiger partial charge in [-0.05, 0) is 34.9 Å². The summed E-state index contributed by atoms with van der Waals surface area (Å²) in [5.41, 5.74) is 0. The first-order valence-corrected chi connectivity index (χ1v) is 6.59. The molecule has 1 atom stereocenters. The van der Waals surface area contributed by atoms with Crippen LogP contribution in [0.5, 0.6) is 6.01 Å². The lowest BCUT2D eigenvalue weighted by Gasteiger charge is -2.18. The van der Waals surface area contributed by atoms with Crippen LogP contribution in [0.2, 0.25) is 0 Å². The molecule has 0 bridgehead atoms. The number of rotatable bonds is 8. The van der Waals surface area contributed by atoms with Crippen molar-refractivity contribution < 1.29 is 4.74 Å². The highest BCUT2D eigenvalue weighted by molar-refractivity contribution is 5.36. The zero-order chi connectivity index (χ0) is 14.3. The van der Waals surface area contributed by atoms with Gasteiger partial charge in [0.05, 0.1) is 6.61 Å². The van der Waals surface area contributed by atoms with Gasteiger partial charge in [0.2, 0.25) is 11.9 Å². The Morgan fingerprint density at radius 1 is 1.16 bits per heavy atom. The highest BCUT2D eigenvalue weighted by atomic mass is 16.5. The number of anilines is 2. The molecule has 1 aromatic heterocycles. The minimum absolute atomic E-state index is 0.237. The van der Waals surface area contributed by atoms with E-state index in [-0.39, 0.29) is 6.04 Å². The van der Waals surface area contributed by atoms with Gasteiger partial charge < -0.3 is 20.3 Å². The summed E-state index contributed by atoms with van der Waals surface area (Å²) in [6, 6.07) is 0.578. The second-order valence-electron chi connectivity index (χ2n) is 4.54. The van der Waals surface area contributed by atoms with Crippen LogP contribution < -0.4 is 15.4 Å². The quantitative estimate of drug-likeness (QED) is 0.730. The van der Waals surface area contributed by atoms with Crippen molar-refractivity contribution in [2.75, 3.05) is 44.4 Å². The molecule has 1 heterocycles. The number of hydrogen-bond donors (Lipinski definition) is 2. The Morgan fingerprint density at radius 2 is 1.84 bits per heavy atom. The Balaban J connectivity index is 2.79. The average Bonchev–Trinajstić information content (AvgIpc) is 2.28. The molecule has 0 aromatic carbocycles. The lowest BCUT2D eigenvalue weighted by Crippen LogP contribution is -2.30. The molecule has 1 rings (SSSR count). The Morgan fingerprint density at radius 3 is 2.42 bits per heavy atom. The minimum Gasteiger partial charge on any atom is -0.464 e. The fourth-order valence-electron chi connectivity index (χ4n) is 1.67. The molecule has 0 spiro atoms. The number of nitrogens with zero attached hydrogens (tertiary/aromatic N) is 4. The van der Waals surface area contributed by atoms with E-state index in [4.69, 9.17) is 4.74 Å². The standard InChI is InChI=1S/C12H24N6O/c1-6-13-10-15-11(14-9(3)8-18(4)5)17-12(16-10)19-7-2/h9H,6-8H2,1-5H3,(H2,13,14,15,16,17). The highest BCUT2D eigenvalue weighted by Crippen LogP contribution is 2.12. The van der Waals surface area contributed by atoms with Crippen molar-refractivity contribution in [3.8, 4) is 6.01 Å². The van der Waals surface area contributed by atoms with E-state index in [9.17, 15) is 0 Å². The van der Waals surface area contributed by atoms with Crippen LogP contribution in [-0.4, -0.2) is 59.7 Å². The van der Waals surface area contributed by atoms with Gasteiger partial charge in [-0.3, -0.25) is 0 Å². The maximum absolute atomic E-state index is 5.34. The molecule has 0 aliphatic heterocycles. The van der Waals surface area contributed by atoms with Crippen LogP contribution in [0, 0.1) is 0 Å². The van der Waals surface area contributed by atoms with Crippen LogP contribution >= 0.6 is 0 Å². The summed E-state index contributed by atoms with van der Waals surface area (Å²) in [6.07, 6.45) is 0. The van der Waals surface area contributed by atoms with Crippen LogP contribution in [0.25, 0.3) is 0 Å². The molecule has 7 heteroatoms. The van der Waals surface area contributed by atoms with Crippen molar-refractivity contribution in [1.29, 1.82) is 0 Å². The summed E-state index contributed by atoms with van der Waals surface area (Å²) < 4.78 is 5.34. The van der Waals surface area contributed by atoms with E-state index in [1.165, 1.54) is 0 Å². The number of nitrogens with one attached hydrogen (secondary N) is 2. The van der Waals surface area contributed by atoms with Crippen LogP contribution in [0.4, 0.5) is 11.9 Å². The smallest absolute Gasteiger partial charge is 0.323 e. The van der Waals surface area contributed by atoms with Gasteiger partial charge in [-0.1, -0.05) is 0 Å². The molecule has 2 N–H and O–H groups in total. The number of ether oxygens (including phenoxy) is 1. The van der Waals surface area contributed by atoms with Crippen LogP contribution in [0.3, 0.4) is 0 Å². The van der Waals surface area contributed by atoms with Crippen molar-refractivity contribution >= 4 is 11.9 Å². The van der Waals surface area contributed by atoms with Crippen molar-refractivity contribution in [3.05, 3.63) is 0 Å². The van der Waals surface area contributed by atoms with Crippen LogP contribution in [0.1, 0.15) is 20.8 Å². The van der Waals surface area contributed by atoms with Gasteiger partial charge in [-0.2, -0.15) is 15.0 Å². The van der Waals surface area contributed by atoms with Crippen molar-refractivity contribution in [3.63, 3.8) is 0 Å². The molecule has 1 unspecified atom stereocenters. The number of hydrogen-bond acceptors (Lipinski definition) is 7. The summed E-state index contributed by atoms with van der Waals surface area (Å²) in [5.74, 6) is 1.06. The van der Waals surface area contributed by atoms with E-state index in [1.807, 2.05) is 27.9 Å². The second-order valence-corrected chi connectivity index (χ2v) is 4.54. The van der Waals surface area contributed by atoms with E-state index in [1.54, 1.807) is 0 Å². The molecule has 0 saturated carbocycles. The summed E-state index contributed by atoms with van der Waals surface area (Å²) in [7, 11) is 4.06. The molecule has 0 amide bonds. The summed E-state index contributed by atoms with van der Waals surface area (Å²) >= 11 is 0. The molecule has 0 saturated heterocycles. The average molecular weight is 268 g/mol. The normalized spacial score (nSPS) is 12.3. The molecule has 0 radical (unpaired) electrons. The Kier molecular flexibility index (Phi) is 6.27. The topological polar surface area (TPSA) is 75.2 Å². The Labute approximate surface area is 114 Å². The monoisotopic (exact) mass is 268 g/mol. The van der Waals surface area contributed by atoms with E-state index in [0.717, 1.165) is 13.1 Å². The van der Waals surface area contributed by atoms with E-state index in [0.29, 0.717) is 24.5 Å². The molecule has 0 fully saturated rings. The number of aromatic nitrogens is 3. The first-order valence-electron chi connectivity index (χ1n) is 6.59. The van der Waals surface area contributed by atoms with Gasteiger partial charge in [-0.15, -0.1) is 0 Å². The first kappa shape index (κ1) is 15.4. The van der Waals surface area contributed by atoms with E-state index >= 15 is 0 Å². The van der Waals surface area contributed by atoms with Gasteiger partial charge in [0.15, 0.2) is 0 Å². The predicted octanol–water partition coefficient (Wildman–Crippen LogP) is 1.06. The van der Waals surface area contributed by atoms with Gasteiger partial charge >= 0.3 is 6.01 Å². The Bertz CT molecular complexity index is 360. The lowest BCUT2D eigenvalue weighted by molar-refractivity contribution is 0.312. The van der Waals surface area contributed by atoms with Gasteiger partial charge in [0.25, 0.3) is 0 Å². The molecular formula is C12H24N6O. The van der Waals surface area contributed by atoms with Crippen molar-refractivity contribution in [2.45, 2.75) is 26.8 Å². The molecule has 1 aromatic rings. The zero-order valence-electron chi connectivity index (χ0n) is 12.4. The Hall–Kier alpha value is -1.63. The van der Waals surface area contributed by atoms with E-state index < -0.39 is 0 Å². The van der Waals surface area contributed by atoms with Gasteiger partial charge in [0.1, 0.15) is 0 Å². The summed E-state index contributed by atoms with van der Waals surface area (Å²) in [4.78, 5) is 14.8. The molecule has 108 valence electrons. The third kappa shape index (κ3) is 5.69. The second kappa shape index (κ2) is 7.73. The zero-order valence-corrected chi connectivity index (χ0v) is 12.4. The van der Waals surface area contributed by atoms with Crippen LogP contribution in [0.15, 0.2) is 0 Å². The van der Waals surface area contributed by atoms with E-state index in [2.05, 4.69) is 37.4 Å². The molecule has 19 heavy (non-hydrogen) atoms. The molecule has 0 aliphatic carbocycles. The third-order valence-electron chi connectivity index (χ3n) is 2.24. The number of likely N-dealkylation sites (N-methyl/N-ethyl adjacent to an activating group) is 1. The minimum atomic E-state index is 0.237. The molecular weight excluding hydrogens is 244 g/mol. The SMILES string of the molecule is CCNc1nc(NC(C)CN(C)C)nc(OCC)n1. The highest BCUT2D eigenvalue weighted by Gasteiger charge is 2.10. The fraction of sp³-hybridized carbons (Fsp3) is 0.750. The van der Waals surface area contributed by atoms with Gasteiger partial charge in [0, 0.05) is 19.1 Å². The molecule has 0 aliphatic rings. The fourth-order valence-corrected chi connectivity index (χ4v) is 1.67. The molecule has 7 nitrogen and oxygen atoms in total. The maximum Gasteiger partial charge on any atom is 0.323 e. The van der Waals surface area contributed by atoms with Crippen LogP contribution in [-0.2, 0) is 0 Å². The van der Waals surface area contributed by atoms with Gasteiger partial charge in [-0.25, -0.2) is 0 Å². The lowest BCUT2D eigenvalue weighted by atomic mass is 10.3. The summed E-state index contributed by atoms with van der Waals surface area (Å²) in [5, 5.41) is 6.32. The first-order chi connectivity index (χ1) is 9.05.